The normalized spacial score (nSPS) is 11.6. The molecule has 0 fully saturated rings. The van der Waals surface area contributed by atoms with E-state index in [1.54, 1.807) is 26.4 Å². The van der Waals surface area contributed by atoms with Gasteiger partial charge in [0.1, 0.15) is 0 Å². The van der Waals surface area contributed by atoms with Crippen LogP contribution in [-0.4, -0.2) is 20.1 Å². The number of carbonyl (C=O) groups is 1. The minimum atomic E-state index is -0.127. The molecule has 0 saturated carbocycles. The van der Waals surface area contributed by atoms with Gasteiger partial charge < -0.3 is 14.8 Å². The monoisotopic (exact) mass is 285 g/mol. The van der Waals surface area contributed by atoms with Gasteiger partial charge in [0.2, 0.25) is 0 Å². The molecular formula is C17H19NO3. The van der Waals surface area contributed by atoms with E-state index in [2.05, 4.69) is 5.32 Å². The molecule has 0 unspecified atom stereocenters. The van der Waals surface area contributed by atoms with E-state index < -0.39 is 0 Å². The highest BCUT2D eigenvalue weighted by Crippen LogP contribution is 2.29. The fourth-order valence-corrected chi connectivity index (χ4v) is 2.07. The number of benzene rings is 2. The molecule has 4 heteroatoms. The van der Waals surface area contributed by atoms with Gasteiger partial charge in [0.25, 0.3) is 5.91 Å². The van der Waals surface area contributed by atoms with Crippen molar-refractivity contribution >= 4 is 5.91 Å². The topological polar surface area (TPSA) is 47.6 Å². The molecule has 0 radical (unpaired) electrons. The summed E-state index contributed by atoms with van der Waals surface area (Å²) in [7, 11) is 3.19. The Hall–Kier alpha value is -2.49. The highest BCUT2D eigenvalue weighted by molar-refractivity contribution is 5.94. The minimum absolute atomic E-state index is 0.0992. The lowest BCUT2D eigenvalue weighted by Crippen LogP contribution is -2.26. The highest BCUT2D eigenvalue weighted by Gasteiger charge is 2.13. The van der Waals surface area contributed by atoms with Crippen molar-refractivity contribution in [2.24, 2.45) is 0 Å². The van der Waals surface area contributed by atoms with Crippen LogP contribution in [0.25, 0.3) is 0 Å². The molecule has 1 atom stereocenters. The largest absolute Gasteiger partial charge is 0.493 e. The van der Waals surface area contributed by atoms with E-state index in [-0.39, 0.29) is 11.9 Å². The Balaban J connectivity index is 2.13. The molecule has 0 aromatic heterocycles. The van der Waals surface area contributed by atoms with Gasteiger partial charge in [-0.3, -0.25) is 4.79 Å². The van der Waals surface area contributed by atoms with Crippen LogP contribution in [0.5, 0.6) is 11.5 Å². The first kappa shape index (κ1) is 14.9. The van der Waals surface area contributed by atoms with Crippen molar-refractivity contribution in [2.45, 2.75) is 13.0 Å². The molecule has 110 valence electrons. The molecule has 4 nitrogen and oxygen atoms in total. The van der Waals surface area contributed by atoms with Gasteiger partial charge in [-0.15, -0.1) is 0 Å². The van der Waals surface area contributed by atoms with Crippen LogP contribution in [0.4, 0.5) is 0 Å². The number of nitrogens with one attached hydrogen (secondary N) is 1. The van der Waals surface area contributed by atoms with Crippen LogP contribution in [0.3, 0.4) is 0 Å². The molecule has 0 saturated heterocycles. The Kier molecular flexibility index (Phi) is 4.82. The Bertz CT molecular complexity index is 611. The van der Waals surface area contributed by atoms with E-state index in [4.69, 9.17) is 9.47 Å². The average molecular weight is 285 g/mol. The number of hydrogen-bond acceptors (Lipinski definition) is 3. The maximum atomic E-state index is 12.1. The Morgan fingerprint density at radius 3 is 2.29 bits per heavy atom. The second kappa shape index (κ2) is 6.79. The van der Waals surface area contributed by atoms with Gasteiger partial charge in [-0.25, -0.2) is 0 Å². The summed E-state index contributed by atoms with van der Waals surface area (Å²) in [6, 6.07) is 14.6. The van der Waals surface area contributed by atoms with Crippen LogP contribution >= 0.6 is 0 Å². The third-order valence-corrected chi connectivity index (χ3v) is 3.29. The van der Waals surface area contributed by atoms with Crippen LogP contribution in [0.2, 0.25) is 0 Å². The number of hydrogen-bond donors (Lipinski definition) is 1. The van der Waals surface area contributed by atoms with Gasteiger partial charge in [-0.05, 0) is 36.8 Å². The van der Waals surface area contributed by atoms with Crippen molar-refractivity contribution < 1.29 is 14.3 Å². The number of methoxy groups -OCH3 is 2. The van der Waals surface area contributed by atoms with Crippen molar-refractivity contribution in [1.29, 1.82) is 0 Å². The van der Waals surface area contributed by atoms with Crippen molar-refractivity contribution in [1.82, 2.24) is 5.32 Å². The lowest BCUT2D eigenvalue weighted by atomic mass is 10.1. The quantitative estimate of drug-likeness (QED) is 0.917. The average Bonchev–Trinajstić information content (AvgIpc) is 2.54. The number of ether oxygens (including phenoxy) is 2. The van der Waals surface area contributed by atoms with Crippen LogP contribution in [-0.2, 0) is 0 Å². The van der Waals surface area contributed by atoms with Gasteiger partial charge in [0.15, 0.2) is 11.5 Å². The van der Waals surface area contributed by atoms with Crippen LogP contribution in [0, 0.1) is 0 Å². The Morgan fingerprint density at radius 2 is 1.67 bits per heavy atom. The summed E-state index contributed by atoms with van der Waals surface area (Å²) in [5, 5.41) is 2.97. The molecule has 0 aliphatic carbocycles. The molecule has 0 bridgehead atoms. The fraction of sp³-hybridized carbons (Fsp3) is 0.235. The number of rotatable bonds is 5. The standard InChI is InChI=1S/C17H19NO3/c1-12(18-17(19)13-7-5-4-6-8-13)14-9-10-15(20-2)16(11-14)21-3/h4-12H,1-3H3,(H,18,19)/t12-/m1/s1. The first-order chi connectivity index (χ1) is 10.2. The first-order valence-corrected chi connectivity index (χ1v) is 6.73. The van der Waals surface area contributed by atoms with Crippen molar-refractivity contribution in [3.63, 3.8) is 0 Å². The SMILES string of the molecule is COc1ccc([C@@H](C)NC(=O)c2ccccc2)cc1OC. The zero-order valence-corrected chi connectivity index (χ0v) is 12.4. The predicted octanol–water partition coefficient (Wildman–Crippen LogP) is 3.19. The lowest BCUT2D eigenvalue weighted by molar-refractivity contribution is 0.0940. The summed E-state index contributed by atoms with van der Waals surface area (Å²) < 4.78 is 10.5. The molecule has 0 aliphatic rings. The summed E-state index contributed by atoms with van der Waals surface area (Å²) in [4.78, 5) is 12.1. The van der Waals surface area contributed by atoms with Gasteiger partial charge >= 0.3 is 0 Å². The third kappa shape index (κ3) is 3.54. The Labute approximate surface area is 124 Å². The van der Waals surface area contributed by atoms with E-state index in [1.807, 2.05) is 43.3 Å². The second-order valence-electron chi connectivity index (χ2n) is 4.68. The molecule has 1 N–H and O–H groups in total. The van der Waals surface area contributed by atoms with Crippen molar-refractivity contribution in [2.75, 3.05) is 14.2 Å². The minimum Gasteiger partial charge on any atom is -0.493 e. The summed E-state index contributed by atoms with van der Waals surface area (Å²) in [5.74, 6) is 1.22. The smallest absolute Gasteiger partial charge is 0.251 e. The molecule has 2 aromatic rings. The zero-order chi connectivity index (χ0) is 15.2. The first-order valence-electron chi connectivity index (χ1n) is 6.73. The van der Waals surface area contributed by atoms with Crippen molar-refractivity contribution in [3.05, 3.63) is 59.7 Å². The number of amides is 1. The highest BCUT2D eigenvalue weighted by atomic mass is 16.5. The molecule has 21 heavy (non-hydrogen) atoms. The van der Waals surface area contributed by atoms with Gasteiger partial charge in [-0.2, -0.15) is 0 Å². The van der Waals surface area contributed by atoms with Crippen molar-refractivity contribution in [3.8, 4) is 11.5 Å². The van der Waals surface area contributed by atoms with E-state index in [0.29, 0.717) is 17.1 Å². The molecular weight excluding hydrogens is 266 g/mol. The van der Waals surface area contributed by atoms with E-state index in [1.165, 1.54) is 0 Å². The Morgan fingerprint density at radius 1 is 1.00 bits per heavy atom. The predicted molar refractivity (Wildman–Crippen MR) is 81.9 cm³/mol. The second-order valence-corrected chi connectivity index (χ2v) is 4.68. The summed E-state index contributed by atoms with van der Waals surface area (Å²) in [5.41, 5.74) is 1.60. The molecule has 0 spiro atoms. The summed E-state index contributed by atoms with van der Waals surface area (Å²) in [6.45, 7) is 1.93. The van der Waals surface area contributed by atoms with E-state index in [0.717, 1.165) is 5.56 Å². The van der Waals surface area contributed by atoms with Gasteiger partial charge in [-0.1, -0.05) is 24.3 Å². The van der Waals surface area contributed by atoms with E-state index in [9.17, 15) is 4.79 Å². The van der Waals surface area contributed by atoms with E-state index >= 15 is 0 Å². The van der Waals surface area contributed by atoms with Crippen LogP contribution < -0.4 is 14.8 Å². The third-order valence-electron chi connectivity index (χ3n) is 3.29. The number of carbonyl (C=O) groups excluding carboxylic acids is 1. The molecule has 0 aliphatic heterocycles. The molecule has 2 aromatic carbocycles. The maximum Gasteiger partial charge on any atom is 0.251 e. The zero-order valence-electron chi connectivity index (χ0n) is 12.4. The van der Waals surface area contributed by atoms with Gasteiger partial charge in [0, 0.05) is 5.56 Å². The van der Waals surface area contributed by atoms with Crippen LogP contribution in [0.1, 0.15) is 28.9 Å². The molecule has 0 heterocycles. The van der Waals surface area contributed by atoms with Gasteiger partial charge in [0.05, 0.1) is 20.3 Å². The summed E-state index contributed by atoms with van der Waals surface area (Å²) >= 11 is 0. The maximum absolute atomic E-state index is 12.1. The molecule has 2 rings (SSSR count). The lowest BCUT2D eigenvalue weighted by Gasteiger charge is -2.16. The molecule has 1 amide bonds. The fourth-order valence-electron chi connectivity index (χ4n) is 2.07. The van der Waals surface area contributed by atoms with Crippen LogP contribution in [0.15, 0.2) is 48.5 Å². The summed E-state index contributed by atoms with van der Waals surface area (Å²) in [6.07, 6.45) is 0.